The van der Waals surface area contributed by atoms with E-state index in [1.165, 1.54) is 0 Å². The van der Waals surface area contributed by atoms with Gasteiger partial charge in [0.15, 0.2) is 18.7 Å². The summed E-state index contributed by atoms with van der Waals surface area (Å²) in [5.74, 6) is -1.53. The predicted octanol–water partition coefficient (Wildman–Crippen LogP) is 6.76. The van der Waals surface area contributed by atoms with Crippen molar-refractivity contribution in [3.63, 3.8) is 0 Å². The average Bonchev–Trinajstić information content (AvgIpc) is 2.86. The van der Waals surface area contributed by atoms with Crippen LogP contribution in [0.5, 0.6) is 0 Å². The van der Waals surface area contributed by atoms with Gasteiger partial charge in [-0.2, -0.15) is 10.2 Å². The molecule has 4 aromatic rings. The molecular weight excluding hydrogens is 483 g/mol. The third-order valence-electron chi connectivity index (χ3n) is 5.03. The summed E-state index contributed by atoms with van der Waals surface area (Å²) < 4.78 is 15.7. The number of Topliss-reactive ketones (excluding diaryl/α,β-unsaturated/α-hetero) is 1. The number of hydrogen-bond acceptors (Lipinski definition) is 4. The highest BCUT2D eigenvalue weighted by Gasteiger charge is 2.42. The number of carbonyl (C=O) groups is 1. The molecule has 0 aromatic heterocycles. The molecule has 0 unspecified atom stereocenters. The van der Waals surface area contributed by atoms with Crippen LogP contribution in [0.4, 0.5) is 5.69 Å². The molecule has 0 radical (unpaired) electrons. The molecule has 0 bridgehead atoms. The van der Waals surface area contributed by atoms with Crippen molar-refractivity contribution in [2.45, 2.75) is 5.78 Å². The van der Waals surface area contributed by atoms with Gasteiger partial charge in [0.25, 0.3) is 0 Å². The Morgan fingerprint density at radius 3 is 1.66 bits per heavy atom. The van der Waals surface area contributed by atoms with Gasteiger partial charge in [-0.25, -0.2) is 0 Å². The minimum Gasteiger partial charge on any atom is -0.311 e. The Balaban J connectivity index is 1.90. The Bertz CT molecular complexity index is 1220. The van der Waals surface area contributed by atoms with Gasteiger partial charge in [0.2, 0.25) is 0 Å². The van der Waals surface area contributed by atoms with Crippen LogP contribution in [-0.2, 0) is 4.57 Å². The molecule has 0 aliphatic carbocycles. The predicted molar refractivity (Wildman–Crippen MR) is 133 cm³/mol. The Hall–Kier alpha value is -3.14. The first-order valence-corrected chi connectivity index (χ1v) is 12.6. The molecule has 4 rings (SSSR count). The van der Waals surface area contributed by atoms with E-state index in [4.69, 9.17) is 0 Å². The van der Waals surface area contributed by atoms with Crippen LogP contribution < -0.4 is 10.6 Å². The van der Waals surface area contributed by atoms with Crippen molar-refractivity contribution in [3.05, 3.63) is 125 Å². The molecule has 0 heterocycles. The molecule has 32 heavy (non-hydrogen) atoms. The van der Waals surface area contributed by atoms with Gasteiger partial charge >= 0.3 is 0 Å². The van der Waals surface area contributed by atoms with Crippen LogP contribution in [0, 0.1) is 0 Å². The molecule has 6 heteroatoms. The minimum atomic E-state index is -3.52. The Morgan fingerprint density at radius 1 is 0.688 bits per heavy atom. The number of azo groups is 1. The fraction of sp³-hybridized carbons (Fsp3) is 0.0385. The molecule has 0 aliphatic heterocycles. The molecular formula is C26H20BrN2O2P. The molecule has 158 valence electrons. The van der Waals surface area contributed by atoms with Gasteiger partial charge in [0.1, 0.15) is 0 Å². The van der Waals surface area contributed by atoms with E-state index in [-0.39, 0.29) is 5.78 Å². The van der Waals surface area contributed by atoms with Crippen molar-refractivity contribution in [1.29, 1.82) is 0 Å². The van der Waals surface area contributed by atoms with Crippen molar-refractivity contribution in [1.82, 2.24) is 0 Å². The summed E-state index contributed by atoms with van der Waals surface area (Å²) in [4.78, 5) is 13.7. The summed E-state index contributed by atoms with van der Waals surface area (Å²) in [5, 5.41) is 9.87. The number of hydrogen-bond donors (Lipinski definition) is 0. The zero-order valence-corrected chi connectivity index (χ0v) is 19.6. The van der Waals surface area contributed by atoms with Crippen LogP contribution in [0.3, 0.4) is 0 Å². The maximum absolute atomic E-state index is 14.8. The molecule has 0 N–H and O–H groups in total. The zero-order chi connectivity index (χ0) is 22.4. The lowest BCUT2D eigenvalue weighted by Gasteiger charge is -2.24. The van der Waals surface area contributed by atoms with Crippen LogP contribution in [0.2, 0.25) is 0 Å². The van der Waals surface area contributed by atoms with Crippen LogP contribution in [0.15, 0.2) is 130 Å². The lowest BCUT2D eigenvalue weighted by atomic mass is 10.1. The van der Waals surface area contributed by atoms with E-state index in [0.29, 0.717) is 21.9 Å². The highest BCUT2D eigenvalue weighted by atomic mass is 79.9. The summed E-state index contributed by atoms with van der Waals surface area (Å²) in [6, 6.07) is 34.2. The van der Waals surface area contributed by atoms with Gasteiger partial charge in [-0.3, -0.25) is 4.79 Å². The van der Waals surface area contributed by atoms with Gasteiger partial charge in [-0.15, -0.1) is 0 Å². The van der Waals surface area contributed by atoms with Crippen LogP contribution in [0.1, 0.15) is 10.4 Å². The number of rotatable bonds is 7. The normalized spacial score (nSPS) is 12.5. The molecule has 0 aliphatic rings. The Morgan fingerprint density at radius 2 is 1.16 bits per heavy atom. The highest BCUT2D eigenvalue weighted by molar-refractivity contribution is 9.10. The first-order valence-electron chi connectivity index (χ1n) is 10.1. The van der Waals surface area contributed by atoms with Crippen molar-refractivity contribution >= 4 is 45.2 Å². The van der Waals surface area contributed by atoms with Gasteiger partial charge < -0.3 is 4.57 Å². The quantitative estimate of drug-likeness (QED) is 0.159. The summed E-state index contributed by atoms with van der Waals surface area (Å²) >= 11 is 3.40. The lowest BCUT2D eigenvalue weighted by molar-refractivity contribution is 0.0987. The van der Waals surface area contributed by atoms with E-state index in [2.05, 4.69) is 26.2 Å². The summed E-state index contributed by atoms with van der Waals surface area (Å²) in [7, 11) is -3.52. The van der Waals surface area contributed by atoms with Gasteiger partial charge in [-0.1, -0.05) is 107 Å². The molecule has 0 amide bonds. The fourth-order valence-corrected chi connectivity index (χ4v) is 6.44. The van der Waals surface area contributed by atoms with Gasteiger partial charge in [0.05, 0.1) is 5.69 Å². The highest BCUT2D eigenvalue weighted by Crippen LogP contribution is 2.50. The molecule has 0 spiro atoms. The van der Waals surface area contributed by atoms with Gasteiger partial charge in [-0.05, 0) is 24.3 Å². The molecule has 1 atom stereocenters. The zero-order valence-electron chi connectivity index (χ0n) is 17.1. The summed E-state index contributed by atoms with van der Waals surface area (Å²) in [5.41, 5.74) is 1.02. The second kappa shape index (κ2) is 9.99. The fourth-order valence-electron chi connectivity index (χ4n) is 3.40. The number of benzene rings is 4. The van der Waals surface area contributed by atoms with E-state index in [0.717, 1.165) is 4.47 Å². The van der Waals surface area contributed by atoms with E-state index < -0.39 is 12.9 Å². The maximum Gasteiger partial charge on any atom is 0.197 e. The average molecular weight is 503 g/mol. The van der Waals surface area contributed by atoms with Gasteiger partial charge in [0, 0.05) is 20.6 Å². The van der Waals surface area contributed by atoms with E-state index >= 15 is 0 Å². The molecule has 0 saturated heterocycles. The van der Waals surface area contributed by atoms with E-state index in [9.17, 15) is 9.36 Å². The van der Waals surface area contributed by atoms with Crippen LogP contribution in [-0.4, -0.2) is 11.6 Å². The van der Waals surface area contributed by atoms with E-state index in [1.807, 2.05) is 54.6 Å². The molecule has 4 aromatic carbocycles. The number of nitrogens with zero attached hydrogens (tertiary/aromatic N) is 2. The second-order valence-electron chi connectivity index (χ2n) is 7.12. The third-order valence-corrected chi connectivity index (χ3v) is 8.71. The van der Waals surface area contributed by atoms with Crippen molar-refractivity contribution in [2.24, 2.45) is 10.2 Å². The van der Waals surface area contributed by atoms with Crippen LogP contribution in [0.25, 0.3) is 0 Å². The third kappa shape index (κ3) is 4.69. The first kappa shape index (κ1) is 22.1. The monoisotopic (exact) mass is 502 g/mol. The van der Waals surface area contributed by atoms with E-state index in [1.54, 1.807) is 60.7 Å². The number of carbonyl (C=O) groups excluding carboxylic acids is 1. The lowest BCUT2D eigenvalue weighted by Crippen LogP contribution is -2.30. The second-order valence-corrected chi connectivity index (χ2v) is 10.9. The topological polar surface area (TPSA) is 58.9 Å². The SMILES string of the molecule is O=C(c1ccccc1)[C@@H](N=Nc1ccc(Br)cc1)P(=O)(c1ccccc1)c1ccccc1. The molecule has 0 saturated carbocycles. The Labute approximate surface area is 195 Å². The largest absolute Gasteiger partial charge is 0.311 e. The Kier molecular flexibility index (Phi) is 6.89. The van der Waals surface area contributed by atoms with Crippen molar-refractivity contribution in [2.75, 3.05) is 0 Å². The van der Waals surface area contributed by atoms with Crippen LogP contribution >= 0.6 is 23.1 Å². The first-order chi connectivity index (χ1) is 15.6. The van der Waals surface area contributed by atoms with Crippen molar-refractivity contribution < 1.29 is 9.36 Å². The number of halogens is 1. The number of ketones is 1. The summed E-state index contributed by atoms with van der Waals surface area (Å²) in [6.07, 6.45) is 0. The molecule has 4 nitrogen and oxygen atoms in total. The smallest absolute Gasteiger partial charge is 0.197 e. The van der Waals surface area contributed by atoms with Crippen molar-refractivity contribution in [3.8, 4) is 0 Å². The molecule has 0 fully saturated rings. The summed E-state index contributed by atoms with van der Waals surface area (Å²) in [6.45, 7) is 0. The maximum atomic E-state index is 14.8. The minimum absolute atomic E-state index is 0.331. The standard InChI is InChI=1S/C26H20BrN2O2P/c27-21-16-18-22(19-17-21)28-29-26(25(30)20-10-4-1-5-11-20)32(31,23-12-6-2-7-13-23)24-14-8-3-9-15-24/h1-19,26H/t26-/m0/s1.